The van der Waals surface area contributed by atoms with Gasteiger partial charge in [0.15, 0.2) is 11.6 Å². The van der Waals surface area contributed by atoms with Crippen molar-refractivity contribution < 1.29 is 22.0 Å². The molecule has 2 N–H and O–H groups in total. The summed E-state index contributed by atoms with van der Waals surface area (Å²) in [5.74, 6) is -2.94. The first kappa shape index (κ1) is 14.5. The molecule has 1 aromatic carbocycles. The molecule has 0 atom stereocenters. The van der Waals surface area contributed by atoms with Gasteiger partial charge in [0.25, 0.3) is 0 Å². The van der Waals surface area contributed by atoms with E-state index in [-0.39, 0.29) is 11.4 Å². The van der Waals surface area contributed by atoms with Crippen LogP contribution < -0.4 is 10.0 Å². The molecule has 0 unspecified atom stereocenters. The highest BCUT2D eigenvalue weighted by Gasteiger charge is 2.10. The monoisotopic (exact) mass is 278 g/mol. The molecule has 100 valence electrons. The number of halogens is 2. The van der Waals surface area contributed by atoms with Gasteiger partial charge >= 0.3 is 0 Å². The topological polar surface area (TPSA) is 75.3 Å². The molecule has 0 aliphatic carbocycles. The summed E-state index contributed by atoms with van der Waals surface area (Å²) in [5.41, 5.74) is 0.0506. The summed E-state index contributed by atoms with van der Waals surface area (Å²) in [4.78, 5) is 11.3. The molecule has 0 saturated carbocycles. The number of carbonyl (C=O) groups excluding carboxylic acids is 1. The Labute approximate surface area is 103 Å². The van der Waals surface area contributed by atoms with Crippen molar-refractivity contribution in [2.45, 2.75) is 6.92 Å². The van der Waals surface area contributed by atoms with Crippen molar-refractivity contribution in [2.24, 2.45) is 0 Å². The number of sulfonamides is 1. The molecule has 1 rings (SSSR count). The number of carbonyl (C=O) groups is 1. The zero-order valence-corrected chi connectivity index (χ0v) is 10.4. The predicted octanol–water partition coefficient (Wildman–Crippen LogP) is 0.843. The summed E-state index contributed by atoms with van der Waals surface area (Å²) >= 11 is 0. The van der Waals surface area contributed by atoms with Crippen LogP contribution in [0.1, 0.15) is 6.92 Å². The average molecular weight is 278 g/mol. The lowest BCUT2D eigenvalue weighted by Crippen LogP contribution is -2.33. The molecule has 0 fully saturated rings. The summed E-state index contributed by atoms with van der Waals surface area (Å²) in [5, 5.41) is 2.23. The Bertz CT molecular complexity index is 546. The Morgan fingerprint density at radius 1 is 1.28 bits per heavy atom. The maximum absolute atomic E-state index is 12.8. The number of rotatable bonds is 5. The Hall–Kier alpha value is -1.54. The second-order valence-electron chi connectivity index (χ2n) is 3.40. The zero-order chi connectivity index (χ0) is 13.8. The first-order valence-electron chi connectivity index (χ1n) is 5.06. The quantitative estimate of drug-likeness (QED) is 0.838. The minimum Gasteiger partial charge on any atom is -0.325 e. The van der Waals surface area contributed by atoms with Gasteiger partial charge in [-0.3, -0.25) is 4.79 Å². The predicted molar refractivity (Wildman–Crippen MR) is 62.5 cm³/mol. The summed E-state index contributed by atoms with van der Waals surface area (Å²) in [7, 11) is -3.47. The molecule has 0 bridgehead atoms. The van der Waals surface area contributed by atoms with E-state index in [4.69, 9.17) is 0 Å². The number of anilines is 1. The molecule has 8 heteroatoms. The second-order valence-corrected chi connectivity index (χ2v) is 5.50. The first-order chi connectivity index (χ1) is 8.34. The number of hydrogen-bond acceptors (Lipinski definition) is 3. The van der Waals surface area contributed by atoms with Gasteiger partial charge in [0, 0.05) is 11.8 Å². The van der Waals surface area contributed by atoms with Crippen molar-refractivity contribution in [2.75, 3.05) is 17.6 Å². The Morgan fingerprint density at radius 3 is 2.50 bits per heavy atom. The lowest BCUT2D eigenvalue weighted by atomic mass is 10.3. The molecule has 0 heterocycles. The molecule has 1 amide bonds. The number of nitrogens with one attached hydrogen (secondary N) is 2. The summed E-state index contributed by atoms with van der Waals surface area (Å²) in [6, 6.07) is 2.84. The van der Waals surface area contributed by atoms with E-state index in [0.29, 0.717) is 0 Å². The van der Waals surface area contributed by atoms with Crippen LogP contribution in [0.15, 0.2) is 18.2 Å². The third-order valence-corrected chi connectivity index (χ3v) is 3.38. The number of amides is 1. The van der Waals surface area contributed by atoms with Crippen molar-refractivity contribution >= 4 is 21.6 Å². The normalized spacial score (nSPS) is 11.3. The summed E-state index contributed by atoms with van der Waals surface area (Å²) < 4.78 is 49.6. The molecule has 0 aliphatic heterocycles. The largest absolute Gasteiger partial charge is 0.325 e. The van der Waals surface area contributed by atoms with Crippen LogP contribution in [0.25, 0.3) is 0 Å². The second kappa shape index (κ2) is 5.87. The van der Waals surface area contributed by atoms with Gasteiger partial charge < -0.3 is 5.32 Å². The van der Waals surface area contributed by atoms with Gasteiger partial charge in [-0.2, -0.15) is 0 Å². The van der Waals surface area contributed by atoms with E-state index in [9.17, 15) is 22.0 Å². The minimum atomic E-state index is -3.47. The molecule has 0 aliphatic rings. The maximum Gasteiger partial charge on any atom is 0.239 e. The Morgan fingerprint density at radius 2 is 1.94 bits per heavy atom. The van der Waals surface area contributed by atoms with E-state index >= 15 is 0 Å². The molecule has 0 aromatic heterocycles. The van der Waals surface area contributed by atoms with Crippen LogP contribution >= 0.6 is 0 Å². The van der Waals surface area contributed by atoms with Gasteiger partial charge in [-0.25, -0.2) is 21.9 Å². The van der Waals surface area contributed by atoms with E-state index in [1.807, 2.05) is 4.72 Å². The van der Waals surface area contributed by atoms with Crippen molar-refractivity contribution in [1.82, 2.24) is 4.72 Å². The van der Waals surface area contributed by atoms with Gasteiger partial charge in [-0.15, -0.1) is 0 Å². The van der Waals surface area contributed by atoms with Gasteiger partial charge in [-0.1, -0.05) is 0 Å². The molecule has 0 saturated heterocycles. The molecule has 5 nitrogen and oxygen atoms in total. The highest BCUT2D eigenvalue weighted by molar-refractivity contribution is 7.89. The zero-order valence-electron chi connectivity index (χ0n) is 9.54. The van der Waals surface area contributed by atoms with Crippen LogP contribution in [-0.4, -0.2) is 26.6 Å². The summed E-state index contributed by atoms with van der Waals surface area (Å²) in [6.07, 6.45) is 0. The Kier molecular flexibility index (Phi) is 4.74. The third kappa shape index (κ3) is 4.38. The van der Waals surface area contributed by atoms with E-state index < -0.39 is 34.1 Å². The molecule has 1 aromatic rings. The van der Waals surface area contributed by atoms with E-state index in [1.54, 1.807) is 0 Å². The summed E-state index contributed by atoms with van der Waals surface area (Å²) in [6.45, 7) is 0.963. The van der Waals surface area contributed by atoms with Crippen LogP contribution in [0.5, 0.6) is 0 Å². The molecular weight excluding hydrogens is 266 g/mol. The highest BCUT2D eigenvalue weighted by Crippen LogP contribution is 2.12. The van der Waals surface area contributed by atoms with Gasteiger partial charge in [-0.05, 0) is 19.1 Å². The highest BCUT2D eigenvalue weighted by atomic mass is 32.2. The lowest BCUT2D eigenvalue weighted by Gasteiger charge is -2.06. The van der Waals surface area contributed by atoms with Crippen LogP contribution in [0, 0.1) is 11.6 Å². The molecule has 0 radical (unpaired) electrons. The van der Waals surface area contributed by atoms with Crippen molar-refractivity contribution in [3.05, 3.63) is 29.8 Å². The smallest absolute Gasteiger partial charge is 0.239 e. The van der Waals surface area contributed by atoms with Gasteiger partial charge in [0.1, 0.15) is 0 Å². The fourth-order valence-electron chi connectivity index (χ4n) is 1.06. The van der Waals surface area contributed by atoms with E-state index in [2.05, 4.69) is 5.32 Å². The Balaban J connectivity index is 2.57. The number of hydrogen-bond donors (Lipinski definition) is 2. The fourth-order valence-corrected chi connectivity index (χ4v) is 1.61. The van der Waals surface area contributed by atoms with Crippen molar-refractivity contribution in [3.63, 3.8) is 0 Å². The molecule has 0 spiro atoms. The third-order valence-electron chi connectivity index (χ3n) is 2.04. The van der Waals surface area contributed by atoms with Crippen molar-refractivity contribution in [3.8, 4) is 0 Å². The maximum atomic E-state index is 12.8. The molecular formula is C10H12F2N2O3S. The van der Waals surface area contributed by atoms with Crippen molar-refractivity contribution in [1.29, 1.82) is 0 Å². The van der Waals surface area contributed by atoms with Crippen LogP contribution in [0.3, 0.4) is 0 Å². The van der Waals surface area contributed by atoms with Crippen LogP contribution in [0.2, 0.25) is 0 Å². The van der Waals surface area contributed by atoms with Gasteiger partial charge in [0.05, 0.1) is 12.3 Å². The van der Waals surface area contributed by atoms with E-state index in [0.717, 1.165) is 12.1 Å². The SMILES string of the molecule is CCS(=O)(=O)NCC(=O)Nc1ccc(F)c(F)c1. The van der Waals surface area contributed by atoms with E-state index in [1.165, 1.54) is 13.0 Å². The van der Waals surface area contributed by atoms with Crippen LogP contribution in [-0.2, 0) is 14.8 Å². The molecule has 18 heavy (non-hydrogen) atoms. The average Bonchev–Trinajstić information content (AvgIpc) is 2.32. The fraction of sp³-hybridized carbons (Fsp3) is 0.300. The first-order valence-corrected chi connectivity index (χ1v) is 6.71. The van der Waals surface area contributed by atoms with Gasteiger partial charge in [0.2, 0.25) is 15.9 Å². The minimum absolute atomic E-state index is 0.0506. The van der Waals surface area contributed by atoms with Crippen LogP contribution in [0.4, 0.5) is 14.5 Å². The lowest BCUT2D eigenvalue weighted by molar-refractivity contribution is -0.115. The number of benzene rings is 1. The standard InChI is InChI=1S/C10H12F2N2O3S/c1-2-18(16,17)13-6-10(15)14-7-3-4-8(11)9(12)5-7/h3-5,13H,2,6H2,1H3,(H,14,15).